The molecule has 6 nitrogen and oxygen atoms in total. The van der Waals surface area contributed by atoms with Crippen LogP contribution in [0.2, 0.25) is 0 Å². The normalized spacial score (nSPS) is 10.9. The molecule has 0 aliphatic rings. The van der Waals surface area contributed by atoms with Crippen LogP contribution in [-0.4, -0.2) is 24.5 Å². The molecule has 0 aliphatic carbocycles. The molecule has 0 aromatic heterocycles. The van der Waals surface area contributed by atoms with Crippen molar-refractivity contribution < 1.29 is 22.9 Å². The number of hydrogen-bond acceptors (Lipinski definition) is 4. The van der Waals surface area contributed by atoms with E-state index in [1.807, 2.05) is 0 Å². The quantitative estimate of drug-likeness (QED) is 0.381. The van der Waals surface area contributed by atoms with Crippen molar-refractivity contribution in [2.24, 2.45) is 0 Å². The van der Waals surface area contributed by atoms with Gasteiger partial charge >= 0.3 is 0 Å². The molecule has 3 N–H and O–H groups in total. The number of phenolic OH excluding ortho intramolecular Hbond substituents is 1. The molecular formula is C7H7NO5S. The van der Waals surface area contributed by atoms with Crippen LogP contribution in [0.25, 0.3) is 0 Å². The first-order chi connectivity index (χ1) is 6.45. The zero-order valence-electron chi connectivity index (χ0n) is 6.84. The van der Waals surface area contributed by atoms with Gasteiger partial charge in [0.2, 0.25) is 6.41 Å². The summed E-state index contributed by atoms with van der Waals surface area (Å²) in [5, 5.41) is 11.2. The van der Waals surface area contributed by atoms with E-state index >= 15 is 0 Å². The Hall–Kier alpha value is -1.60. The number of nitrogens with one attached hydrogen (secondary N) is 1. The Balaban J connectivity index is 3.26. The summed E-state index contributed by atoms with van der Waals surface area (Å²) < 4.78 is 30.0. The zero-order valence-corrected chi connectivity index (χ0v) is 7.65. The number of benzene rings is 1. The molecule has 1 rings (SSSR count). The van der Waals surface area contributed by atoms with Crippen LogP contribution in [0, 0.1) is 0 Å². The average molecular weight is 217 g/mol. The van der Waals surface area contributed by atoms with Crippen LogP contribution in [0.15, 0.2) is 23.1 Å². The molecule has 0 radical (unpaired) electrons. The number of carbonyl (C=O) groups is 1. The van der Waals surface area contributed by atoms with Crippen molar-refractivity contribution in [1.29, 1.82) is 0 Å². The summed E-state index contributed by atoms with van der Waals surface area (Å²) in [6.45, 7) is 0. The highest BCUT2D eigenvalue weighted by Crippen LogP contribution is 2.25. The second-order valence-corrected chi connectivity index (χ2v) is 3.84. The van der Waals surface area contributed by atoms with E-state index in [2.05, 4.69) is 5.32 Å². The summed E-state index contributed by atoms with van der Waals surface area (Å²) in [6, 6.07) is 3.01. The molecule has 0 aliphatic heterocycles. The van der Waals surface area contributed by atoms with Crippen LogP contribution in [-0.2, 0) is 14.9 Å². The van der Waals surface area contributed by atoms with Crippen molar-refractivity contribution in [2.75, 3.05) is 5.32 Å². The van der Waals surface area contributed by atoms with Gasteiger partial charge < -0.3 is 10.4 Å². The highest BCUT2D eigenvalue weighted by molar-refractivity contribution is 7.85. The maximum Gasteiger partial charge on any atom is 0.294 e. The van der Waals surface area contributed by atoms with E-state index in [0.29, 0.717) is 0 Å². The van der Waals surface area contributed by atoms with Crippen molar-refractivity contribution in [2.45, 2.75) is 4.90 Å². The van der Waals surface area contributed by atoms with Gasteiger partial charge in [-0.1, -0.05) is 0 Å². The number of anilines is 1. The number of hydrogen-bond donors (Lipinski definition) is 3. The van der Waals surface area contributed by atoms with E-state index in [4.69, 9.17) is 9.66 Å². The van der Waals surface area contributed by atoms with Crippen molar-refractivity contribution >= 4 is 22.2 Å². The number of phenols is 1. The molecule has 14 heavy (non-hydrogen) atoms. The smallest absolute Gasteiger partial charge is 0.294 e. The maximum absolute atomic E-state index is 10.7. The monoisotopic (exact) mass is 217 g/mol. The molecule has 0 unspecified atom stereocenters. The molecule has 0 bridgehead atoms. The molecule has 7 heteroatoms. The van der Waals surface area contributed by atoms with E-state index in [1.54, 1.807) is 0 Å². The first-order valence-electron chi connectivity index (χ1n) is 3.46. The lowest BCUT2D eigenvalue weighted by Gasteiger charge is -2.03. The topological polar surface area (TPSA) is 104 Å². The highest BCUT2D eigenvalue weighted by atomic mass is 32.2. The van der Waals surface area contributed by atoms with E-state index < -0.39 is 15.0 Å². The molecule has 0 spiro atoms. The van der Waals surface area contributed by atoms with Gasteiger partial charge in [0.05, 0.1) is 10.6 Å². The van der Waals surface area contributed by atoms with Gasteiger partial charge in [0, 0.05) is 0 Å². The van der Waals surface area contributed by atoms with Gasteiger partial charge in [0.1, 0.15) is 5.75 Å². The van der Waals surface area contributed by atoms with E-state index in [-0.39, 0.29) is 17.8 Å². The lowest BCUT2D eigenvalue weighted by Crippen LogP contribution is -2.00. The predicted octanol–water partition coefficient (Wildman–Crippen LogP) is 0.207. The third-order valence-electron chi connectivity index (χ3n) is 1.48. The fourth-order valence-electron chi connectivity index (χ4n) is 0.855. The SMILES string of the molecule is O=CNc1cc(S(=O)(=O)O)ccc1O. The molecule has 1 aromatic rings. The standard InChI is InChI=1S/C7H7NO5S/c9-4-8-6-3-5(14(11,12)13)1-2-7(6)10/h1-4,10H,(H,8,9)(H,11,12,13). The van der Waals surface area contributed by atoms with E-state index in [1.165, 1.54) is 0 Å². The fourth-order valence-corrected chi connectivity index (χ4v) is 1.36. The van der Waals surface area contributed by atoms with Gasteiger partial charge in [-0.05, 0) is 18.2 Å². The molecular weight excluding hydrogens is 210 g/mol. The van der Waals surface area contributed by atoms with Gasteiger partial charge in [-0.15, -0.1) is 0 Å². The lowest BCUT2D eigenvalue weighted by atomic mass is 10.3. The van der Waals surface area contributed by atoms with Crippen molar-refractivity contribution in [1.82, 2.24) is 0 Å². The van der Waals surface area contributed by atoms with Gasteiger partial charge in [-0.3, -0.25) is 9.35 Å². The Morgan fingerprint density at radius 2 is 2.00 bits per heavy atom. The Morgan fingerprint density at radius 1 is 1.36 bits per heavy atom. The van der Waals surface area contributed by atoms with Gasteiger partial charge in [-0.2, -0.15) is 8.42 Å². The molecule has 1 amide bonds. The minimum atomic E-state index is -4.33. The summed E-state index contributed by atoms with van der Waals surface area (Å²) in [5.41, 5.74) is -0.0878. The van der Waals surface area contributed by atoms with E-state index in [9.17, 15) is 13.2 Å². The number of amides is 1. The van der Waals surface area contributed by atoms with Crippen LogP contribution in [0.5, 0.6) is 5.75 Å². The predicted molar refractivity (Wildman–Crippen MR) is 47.6 cm³/mol. The van der Waals surface area contributed by atoms with Gasteiger partial charge in [-0.25, -0.2) is 0 Å². The van der Waals surface area contributed by atoms with Crippen LogP contribution in [0.4, 0.5) is 5.69 Å². The minimum absolute atomic E-state index is 0.0878. The highest BCUT2D eigenvalue weighted by Gasteiger charge is 2.11. The number of carbonyl (C=O) groups excluding carboxylic acids is 1. The Kier molecular flexibility index (Phi) is 2.73. The zero-order chi connectivity index (χ0) is 10.8. The summed E-state index contributed by atoms with van der Waals surface area (Å²) >= 11 is 0. The van der Waals surface area contributed by atoms with Gasteiger partial charge in [0.25, 0.3) is 10.1 Å². The first kappa shape index (κ1) is 10.5. The Bertz CT molecular complexity index is 453. The molecule has 0 fully saturated rings. The minimum Gasteiger partial charge on any atom is -0.506 e. The molecule has 0 heterocycles. The number of rotatable bonds is 3. The van der Waals surface area contributed by atoms with Crippen LogP contribution >= 0.6 is 0 Å². The maximum atomic E-state index is 10.7. The largest absolute Gasteiger partial charge is 0.506 e. The first-order valence-corrected chi connectivity index (χ1v) is 4.90. The lowest BCUT2D eigenvalue weighted by molar-refractivity contribution is -0.105. The summed E-state index contributed by atoms with van der Waals surface area (Å²) in [6.07, 6.45) is 0.281. The average Bonchev–Trinajstić information content (AvgIpc) is 2.07. The van der Waals surface area contributed by atoms with Crippen molar-refractivity contribution in [3.8, 4) is 5.75 Å². The molecule has 76 valence electrons. The summed E-state index contributed by atoms with van der Waals surface area (Å²) in [4.78, 5) is 9.65. The second-order valence-electron chi connectivity index (χ2n) is 2.42. The molecule has 0 saturated carbocycles. The van der Waals surface area contributed by atoms with Crippen LogP contribution in [0.3, 0.4) is 0 Å². The Morgan fingerprint density at radius 3 is 2.50 bits per heavy atom. The fraction of sp³-hybridized carbons (Fsp3) is 0. The Labute approximate surface area is 79.9 Å². The van der Waals surface area contributed by atoms with Crippen LogP contribution < -0.4 is 5.32 Å². The second kappa shape index (κ2) is 3.64. The summed E-state index contributed by atoms with van der Waals surface area (Å²) in [5.74, 6) is -0.287. The molecule has 0 atom stereocenters. The third kappa shape index (κ3) is 2.21. The number of aromatic hydroxyl groups is 1. The van der Waals surface area contributed by atoms with E-state index in [0.717, 1.165) is 18.2 Å². The molecule has 1 aromatic carbocycles. The van der Waals surface area contributed by atoms with Crippen molar-refractivity contribution in [3.63, 3.8) is 0 Å². The van der Waals surface area contributed by atoms with Gasteiger partial charge in [0.15, 0.2) is 0 Å². The summed E-state index contributed by atoms with van der Waals surface area (Å²) in [7, 11) is -4.33. The third-order valence-corrected chi connectivity index (χ3v) is 2.33. The van der Waals surface area contributed by atoms with Crippen molar-refractivity contribution in [3.05, 3.63) is 18.2 Å². The molecule has 0 saturated heterocycles. The van der Waals surface area contributed by atoms with Crippen LogP contribution in [0.1, 0.15) is 0 Å².